The number of hydrogen-bond acceptors (Lipinski definition) is 8. The monoisotopic (exact) mass is 478 g/mol. The number of carbonyl (C=O) groups excluding carboxylic acids is 3. The second-order valence-corrected chi connectivity index (χ2v) is 8.55. The molecule has 2 amide bonds. The van der Waals surface area contributed by atoms with Gasteiger partial charge in [0.25, 0.3) is 11.6 Å². The number of sulfonamides is 1. The zero-order valence-corrected chi connectivity index (χ0v) is 18.5. The van der Waals surface area contributed by atoms with E-state index >= 15 is 0 Å². The second-order valence-electron chi connectivity index (χ2n) is 6.78. The van der Waals surface area contributed by atoms with Crippen LogP contribution in [0.4, 0.5) is 17.1 Å². The van der Waals surface area contributed by atoms with Crippen LogP contribution >= 0.6 is 0 Å². The van der Waals surface area contributed by atoms with E-state index < -0.39 is 32.9 Å². The van der Waals surface area contributed by atoms with Crippen molar-refractivity contribution < 1.29 is 32.5 Å². The first kappa shape index (κ1) is 25.4. The summed E-state index contributed by atoms with van der Waals surface area (Å²) >= 11 is 0. The Morgan fingerprint density at radius 3 is 2.09 bits per heavy atom. The van der Waals surface area contributed by atoms with Crippen LogP contribution in [-0.2, 0) is 29.1 Å². The summed E-state index contributed by atoms with van der Waals surface area (Å²) < 4.78 is 31.8. The summed E-state index contributed by atoms with van der Waals surface area (Å²) in [7, 11) is -3.89. The zero-order chi connectivity index (χ0) is 24.6. The lowest BCUT2D eigenvalue weighted by molar-refractivity contribution is -0.384. The minimum absolute atomic E-state index is 0.0548. The number of hydrogen-bond donors (Lipinski definition) is 3. The van der Waals surface area contributed by atoms with E-state index in [4.69, 9.17) is 4.74 Å². The first-order valence-corrected chi connectivity index (χ1v) is 11.1. The normalized spacial score (nSPS) is 11.8. The van der Waals surface area contributed by atoms with Crippen molar-refractivity contribution in [2.24, 2.45) is 0 Å². The van der Waals surface area contributed by atoms with Crippen molar-refractivity contribution in [1.29, 1.82) is 0 Å². The minimum Gasteiger partial charge on any atom is -0.452 e. The van der Waals surface area contributed by atoms with E-state index in [0.29, 0.717) is 5.69 Å². The third kappa shape index (κ3) is 7.97. The molecule has 13 heteroatoms. The summed E-state index contributed by atoms with van der Waals surface area (Å²) in [6.07, 6.45) is -1.50. The lowest BCUT2D eigenvalue weighted by Crippen LogP contribution is -2.32. The highest BCUT2D eigenvalue weighted by Crippen LogP contribution is 2.16. The fourth-order valence-electron chi connectivity index (χ4n) is 2.51. The maximum absolute atomic E-state index is 12.3. The highest BCUT2D eigenvalue weighted by molar-refractivity contribution is 7.89. The third-order valence-electron chi connectivity index (χ3n) is 4.13. The Kier molecular flexibility index (Phi) is 8.59. The van der Waals surface area contributed by atoms with Gasteiger partial charge >= 0.3 is 5.97 Å². The molecule has 2 aromatic carbocycles. The van der Waals surface area contributed by atoms with Gasteiger partial charge < -0.3 is 15.4 Å². The Morgan fingerprint density at radius 2 is 1.55 bits per heavy atom. The molecule has 0 aliphatic carbocycles. The number of amides is 2. The van der Waals surface area contributed by atoms with E-state index in [1.54, 1.807) is 0 Å². The molecule has 0 spiro atoms. The Bertz CT molecular complexity index is 1130. The first-order chi connectivity index (χ1) is 15.5. The number of nitrogens with zero attached hydrogens (tertiary/aromatic N) is 1. The lowest BCUT2D eigenvalue weighted by atomic mass is 10.2. The number of nitro groups is 1. The van der Waals surface area contributed by atoms with Crippen LogP contribution in [0.1, 0.15) is 20.3 Å². The van der Waals surface area contributed by atoms with Gasteiger partial charge in [0.1, 0.15) is 0 Å². The largest absolute Gasteiger partial charge is 0.452 e. The Morgan fingerprint density at radius 1 is 1.00 bits per heavy atom. The number of nitro benzene ring substituents is 1. The van der Waals surface area contributed by atoms with Gasteiger partial charge in [0.05, 0.1) is 16.2 Å². The maximum Gasteiger partial charge on any atom is 0.307 e. The molecular formula is C20H22N4O8S. The molecule has 0 heterocycles. The number of carbonyl (C=O) groups is 3. The van der Waals surface area contributed by atoms with Crippen LogP contribution in [0.25, 0.3) is 0 Å². The van der Waals surface area contributed by atoms with E-state index in [-0.39, 0.29) is 35.1 Å². The van der Waals surface area contributed by atoms with Gasteiger partial charge in [-0.1, -0.05) is 0 Å². The minimum atomic E-state index is -3.89. The maximum atomic E-state index is 12.3. The fraction of sp³-hybridized carbons (Fsp3) is 0.250. The molecule has 2 aromatic rings. The molecule has 1 unspecified atom stereocenters. The van der Waals surface area contributed by atoms with Crippen LogP contribution in [0.2, 0.25) is 0 Å². The molecule has 0 aliphatic rings. The summed E-state index contributed by atoms with van der Waals surface area (Å²) in [5.74, 6) is -1.75. The summed E-state index contributed by atoms with van der Waals surface area (Å²) in [5, 5.41) is 15.6. The molecule has 12 nitrogen and oxygen atoms in total. The van der Waals surface area contributed by atoms with Crippen molar-refractivity contribution in [3.05, 3.63) is 58.6 Å². The topological polar surface area (TPSA) is 174 Å². The van der Waals surface area contributed by atoms with Crippen molar-refractivity contribution in [3.8, 4) is 0 Å². The number of rotatable bonds is 10. The SMILES string of the molecule is CC(=O)Nc1ccc(S(=O)(=O)NCCC(=O)OC(C)C(=O)Nc2ccc([N+](=O)[O-])cc2)cc1. The predicted octanol–water partition coefficient (Wildman–Crippen LogP) is 1.79. The highest BCUT2D eigenvalue weighted by Gasteiger charge is 2.19. The highest BCUT2D eigenvalue weighted by atomic mass is 32.2. The predicted molar refractivity (Wildman–Crippen MR) is 118 cm³/mol. The molecular weight excluding hydrogens is 456 g/mol. The zero-order valence-electron chi connectivity index (χ0n) is 17.7. The van der Waals surface area contributed by atoms with Crippen molar-refractivity contribution in [2.75, 3.05) is 17.2 Å². The van der Waals surface area contributed by atoms with Crippen LogP contribution in [0.5, 0.6) is 0 Å². The molecule has 176 valence electrons. The standard InChI is InChI=1S/C20H22N4O8S/c1-13(20(27)23-16-3-7-17(8-4-16)24(28)29)32-19(26)11-12-21-33(30,31)18-9-5-15(6-10-18)22-14(2)25/h3-10,13,21H,11-12H2,1-2H3,(H,22,25)(H,23,27). The molecule has 0 aromatic heterocycles. The van der Waals surface area contributed by atoms with Crippen molar-refractivity contribution in [1.82, 2.24) is 4.72 Å². The van der Waals surface area contributed by atoms with E-state index in [2.05, 4.69) is 15.4 Å². The summed E-state index contributed by atoms with van der Waals surface area (Å²) in [4.78, 5) is 45.1. The summed E-state index contributed by atoms with van der Waals surface area (Å²) in [6, 6.07) is 10.6. The van der Waals surface area contributed by atoms with Gasteiger partial charge in [0.15, 0.2) is 6.10 Å². The van der Waals surface area contributed by atoms with Gasteiger partial charge in [-0.2, -0.15) is 0 Å². The molecule has 0 fully saturated rings. The number of esters is 1. The summed E-state index contributed by atoms with van der Waals surface area (Å²) in [6.45, 7) is 2.40. The molecule has 0 saturated heterocycles. The molecule has 0 saturated carbocycles. The first-order valence-electron chi connectivity index (χ1n) is 9.60. The van der Waals surface area contributed by atoms with E-state index in [1.165, 1.54) is 62.4 Å². The van der Waals surface area contributed by atoms with Gasteiger partial charge in [-0.3, -0.25) is 24.5 Å². The smallest absolute Gasteiger partial charge is 0.307 e. The average molecular weight is 478 g/mol. The fourth-order valence-corrected chi connectivity index (χ4v) is 3.54. The number of non-ortho nitro benzene ring substituents is 1. The van der Waals surface area contributed by atoms with Crippen molar-refractivity contribution in [2.45, 2.75) is 31.3 Å². The Balaban J connectivity index is 1.80. The van der Waals surface area contributed by atoms with Crippen LogP contribution in [0, 0.1) is 10.1 Å². The van der Waals surface area contributed by atoms with Crippen molar-refractivity contribution in [3.63, 3.8) is 0 Å². The van der Waals surface area contributed by atoms with Crippen LogP contribution in [-0.4, -0.2) is 43.8 Å². The van der Waals surface area contributed by atoms with Crippen LogP contribution in [0.15, 0.2) is 53.4 Å². The second kappa shape index (κ2) is 11.2. The molecule has 1 atom stereocenters. The Hall–Kier alpha value is -3.84. The van der Waals surface area contributed by atoms with Crippen molar-refractivity contribution >= 4 is 44.9 Å². The number of anilines is 2. The lowest BCUT2D eigenvalue weighted by Gasteiger charge is -2.14. The molecule has 3 N–H and O–H groups in total. The molecule has 33 heavy (non-hydrogen) atoms. The van der Waals surface area contributed by atoms with Gasteiger partial charge in [-0.25, -0.2) is 13.1 Å². The molecule has 2 rings (SSSR count). The van der Waals surface area contributed by atoms with E-state index in [0.717, 1.165) is 0 Å². The van der Waals surface area contributed by atoms with E-state index in [1.807, 2.05) is 0 Å². The van der Waals surface area contributed by atoms with Crippen LogP contribution < -0.4 is 15.4 Å². The van der Waals surface area contributed by atoms with Gasteiger partial charge in [-0.15, -0.1) is 0 Å². The van der Waals surface area contributed by atoms with Gasteiger partial charge in [0.2, 0.25) is 15.9 Å². The third-order valence-corrected chi connectivity index (χ3v) is 5.61. The molecule has 0 radical (unpaired) electrons. The Labute approximate surface area is 189 Å². The molecule has 0 aliphatic heterocycles. The number of ether oxygens (including phenoxy) is 1. The van der Waals surface area contributed by atoms with Gasteiger partial charge in [-0.05, 0) is 43.3 Å². The number of benzene rings is 2. The quantitative estimate of drug-likeness (QED) is 0.263. The molecule has 0 bridgehead atoms. The van der Waals surface area contributed by atoms with Crippen LogP contribution in [0.3, 0.4) is 0 Å². The number of nitrogens with one attached hydrogen (secondary N) is 3. The van der Waals surface area contributed by atoms with E-state index in [9.17, 15) is 32.9 Å². The van der Waals surface area contributed by atoms with Gasteiger partial charge in [0, 0.05) is 37.0 Å². The average Bonchev–Trinajstić information content (AvgIpc) is 2.73. The summed E-state index contributed by atoms with van der Waals surface area (Å²) in [5.41, 5.74) is 0.579.